The summed E-state index contributed by atoms with van der Waals surface area (Å²) in [5.74, 6) is 0.310. The number of aliphatic imine (C=N–C) groups is 1. The minimum atomic E-state index is 0.221. The van der Waals surface area contributed by atoms with Gasteiger partial charge in [-0.05, 0) is 40.9 Å². The molecule has 142 valence electrons. The van der Waals surface area contributed by atoms with E-state index < -0.39 is 0 Å². The number of amidine groups is 1. The molecular weight excluding hydrogens is 396 g/mol. The Morgan fingerprint density at radius 2 is 2.08 bits per heavy atom. The third-order valence-electron chi connectivity index (χ3n) is 3.57. The summed E-state index contributed by atoms with van der Waals surface area (Å²) in [7, 11) is 1.72. The number of H-pyrrole nitrogens is 1. The average molecular weight is 423 g/mol. The Hall–Kier alpha value is -1.96. The number of rotatable bonds is 8. The molecule has 1 aromatic carbocycles. The molecule has 1 heterocycles. The topological polar surface area (TPSA) is 96.5 Å². The van der Waals surface area contributed by atoms with Gasteiger partial charge in [0, 0.05) is 17.3 Å². The summed E-state index contributed by atoms with van der Waals surface area (Å²) in [6.45, 7) is 5.36. The Morgan fingerprint density at radius 1 is 1.38 bits per heavy atom. The number of aromatic amines is 1. The first kappa shape index (κ1) is 22.1. The SMILES string of the molecule is CCC(COCc1ccccc1)OC.Cc1cc(Br)c(C(N)=NC=N)[nH]1. The quantitative estimate of drug-likeness (QED) is 0.442. The van der Waals surface area contributed by atoms with Gasteiger partial charge in [-0.1, -0.05) is 37.3 Å². The van der Waals surface area contributed by atoms with E-state index in [1.165, 1.54) is 5.56 Å². The van der Waals surface area contributed by atoms with Crippen LogP contribution in [0.3, 0.4) is 0 Å². The zero-order chi connectivity index (χ0) is 19.4. The Labute approximate surface area is 163 Å². The van der Waals surface area contributed by atoms with Crippen molar-refractivity contribution in [2.75, 3.05) is 13.7 Å². The molecule has 0 saturated heterocycles. The van der Waals surface area contributed by atoms with Crippen LogP contribution in [0.1, 0.15) is 30.3 Å². The number of hydrogen-bond donors (Lipinski definition) is 3. The molecule has 6 nitrogen and oxygen atoms in total. The van der Waals surface area contributed by atoms with Gasteiger partial charge in [0.2, 0.25) is 0 Å². The molecule has 1 atom stereocenters. The number of nitrogens with two attached hydrogens (primary N) is 1. The van der Waals surface area contributed by atoms with Gasteiger partial charge in [0.1, 0.15) is 12.2 Å². The molecular formula is C19H27BrN4O2. The first-order valence-electron chi connectivity index (χ1n) is 8.33. The summed E-state index contributed by atoms with van der Waals surface area (Å²) in [6, 6.07) is 12.1. The van der Waals surface area contributed by atoms with Crippen molar-refractivity contribution in [3.05, 3.63) is 57.8 Å². The minimum Gasteiger partial charge on any atom is -0.382 e. The second-order valence-corrected chi connectivity index (χ2v) is 6.44. The molecule has 0 aliphatic carbocycles. The summed E-state index contributed by atoms with van der Waals surface area (Å²) in [4.78, 5) is 6.67. The van der Waals surface area contributed by atoms with Crippen LogP contribution in [0.2, 0.25) is 0 Å². The molecule has 26 heavy (non-hydrogen) atoms. The van der Waals surface area contributed by atoms with Gasteiger partial charge in [-0.2, -0.15) is 0 Å². The number of halogens is 1. The largest absolute Gasteiger partial charge is 0.382 e. The van der Waals surface area contributed by atoms with E-state index in [-0.39, 0.29) is 6.10 Å². The Morgan fingerprint density at radius 3 is 2.58 bits per heavy atom. The molecule has 0 amide bonds. The fraction of sp³-hybridized carbons (Fsp3) is 0.368. The number of hydrogen-bond acceptors (Lipinski definition) is 3. The summed E-state index contributed by atoms with van der Waals surface area (Å²) >= 11 is 3.32. The predicted octanol–water partition coefficient (Wildman–Crippen LogP) is 4.03. The van der Waals surface area contributed by atoms with Crippen molar-refractivity contribution in [1.82, 2.24) is 4.98 Å². The normalized spacial score (nSPS) is 12.2. The molecule has 4 N–H and O–H groups in total. The number of aryl methyl sites for hydroxylation is 1. The van der Waals surface area contributed by atoms with Gasteiger partial charge in [0.15, 0.2) is 0 Å². The zero-order valence-corrected chi connectivity index (χ0v) is 17.0. The van der Waals surface area contributed by atoms with Gasteiger partial charge in [-0.15, -0.1) is 0 Å². The lowest BCUT2D eigenvalue weighted by molar-refractivity contribution is 0.000533. The molecule has 1 aromatic heterocycles. The Kier molecular flexibility index (Phi) is 10.5. The molecule has 0 bridgehead atoms. The maximum atomic E-state index is 6.74. The molecule has 2 rings (SSSR count). The third-order valence-corrected chi connectivity index (χ3v) is 4.19. The highest BCUT2D eigenvalue weighted by atomic mass is 79.9. The molecule has 0 aliphatic heterocycles. The van der Waals surface area contributed by atoms with Crippen LogP contribution >= 0.6 is 15.9 Å². The van der Waals surface area contributed by atoms with E-state index in [0.717, 1.165) is 28.6 Å². The molecule has 0 aliphatic rings. The van der Waals surface area contributed by atoms with Crippen molar-refractivity contribution in [3.63, 3.8) is 0 Å². The van der Waals surface area contributed by atoms with Crippen LogP contribution in [-0.2, 0) is 16.1 Å². The number of benzene rings is 1. The predicted molar refractivity (Wildman–Crippen MR) is 110 cm³/mol. The van der Waals surface area contributed by atoms with Crippen molar-refractivity contribution < 1.29 is 9.47 Å². The van der Waals surface area contributed by atoms with Crippen LogP contribution in [0.15, 0.2) is 45.9 Å². The van der Waals surface area contributed by atoms with Crippen LogP contribution in [0.5, 0.6) is 0 Å². The van der Waals surface area contributed by atoms with E-state index in [9.17, 15) is 0 Å². The van der Waals surface area contributed by atoms with E-state index in [1.807, 2.05) is 31.2 Å². The number of nitrogens with one attached hydrogen (secondary N) is 2. The molecule has 7 heteroatoms. The van der Waals surface area contributed by atoms with Gasteiger partial charge in [0.05, 0.1) is 25.0 Å². The highest BCUT2D eigenvalue weighted by Crippen LogP contribution is 2.16. The summed E-state index contributed by atoms with van der Waals surface area (Å²) < 4.78 is 11.6. The lowest BCUT2D eigenvalue weighted by Gasteiger charge is -2.12. The number of ether oxygens (including phenoxy) is 2. The van der Waals surface area contributed by atoms with Gasteiger partial charge in [-0.3, -0.25) is 5.41 Å². The average Bonchev–Trinajstić information content (AvgIpc) is 2.99. The maximum Gasteiger partial charge on any atom is 0.150 e. The Bertz CT molecular complexity index is 682. The number of methoxy groups -OCH3 is 1. The fourth-order valence-corrected chi connectivity index (χ4v) is 2.76. The second kappa shape index (κ2) is 12.4. The maximum absolute atomic E-state index is 6.74. The molecule has 2 aromatic rings. The second-order valence-electron chi connectivity index (χ2n) is 5.59. The smallest absolute Gasteiger partial charge is 0.150 e. The lowest BCUT2D eigenvalue weighted by Crippen LogP contribution is -2.16. The van der Waals surface area contributed by atoms with E-state index in [1.54, 1.807) is 7.11 Å². The molecule has 0 radical (unpaired) electrons. The first-order valence-corrected chi connectivity index (χ1v) is 9.13. The van der Waals surface area contributed by atoms with E-state index in [2.05, 4.69) is 45.0 Å². The highest BCUT2D eigenvalue weighted by molar-refractivity contribution is 9.10. The third kappa shape index (κ3) is 7.95. The first-order chi connectivity index (χ1) is 12.5. The lowest BCUT2D eigenvalue weighted by atomic mass is 10.2. The van der Waals surface area contributed by atoms with Crippen LogP contribution in [0.25, 0.3) is 0 Å². The van der Waals surface area contributed by atoms with Crippen LogP contribution < -0.4 is 5.73 Å². The molecule has 1 unspecified atom stereocenters. The van der Waals surface area contributed by atoms with Crippen molar-refractivity contribution in [2.45, 2.75) is 33.0 Å². The van der Waals surface area contributed by atoms with Gasteiger partial charge >= 0.3 is 0 Å². The number of nitrogens with zero attached hydrogens (tertiary/aromatic N) is 1. The summed E-state index contributed by atoms with van der Waals surface area (Å²) in [5.41, 5.74) is 8.48. The highest BCUT2D eigenvalue weighted by Gasteiger charge is 2.06. The van der Waals surface area contributed by atoms with Crippen LogP contribution in [-0.4, -0.2) is 37.0 Å². The molecule has 0 fully saturated rings. The standard InChI is InChI=1S/C12H18O2.C7H9BrN4/c1-3-12(13-2)10-14-9-11-7-5-4-6-8-11;1-4-2-5(8)6(12-4)7(10)11-3-9/h4-8,12H,3,9-10H2,1-2H3;2-3,12H,1H3,(H3,9,10,11). The molecule has 0 saturated carbocycles. The fourth-order valence-electron chi connectivity index (χ4n) is 2.11. The van der Waals surface area contributed by atoms with Crippen molar-refractivity contribution in [3.8, 4) is 0 Å². The van der Waals surface area contributed by atoms with Gasteiger partial charge in [-0.25, -0.2) is 4.99 Å². The summed E-state index contributed by atoms with van der Waals surface area (Å²) in [6.07, 6.45) is 2.13. The van der Waals surface area contributed by atoms with Gasteiger partial charge < -0.3 is 20.2 Å². The van der Waals surface area contributed by atoms with E-state index in [0.29, 0.717) is 19.0 Å². The number of aromatic nitrogens is 1. The molecule has 0 spiro atoms. The Balaban J connectivity index is 0.000000263. The minimum absolute atomic E-state index is 0.221. The monoisotopic (exact) mass is 422 g/mol. The van der Waals surface area contributed by atoms with Gasteiger partial charge in [0.25, 0.3) is 0 Å². The van der Waals surface area contributed by atoms with Crippen molar-refractivity contribution in [1.29, 1.82) is 5.41 Å². The zero-order valence-electron chi connectivity index (χ0n) is 15.5. The summed E-state index contributed by atoms with van der Waals surface area (Å²) in [5, 5.41) is 6.74. The van der Waals surface area contributed by atoms with Crippen molar-refractivity contribution in [2.24, 2.45) is 10.7 Å². The van der Waals surface area contributed by atoms with Crippen molar-refractivity contribution >= 4 is 28.1 Å². The van der Waals surface area contributed by atoms with E-state index >= 15 is 0 Å². The van der Waals surface area contributed by atoms with E-state index in [4.69, 9.17) is 20.6 Å². The van der Waals surface area contributed by atoms with Crippen LogP contribution in [0.4, 0.5) is 0 Å². The van der Waals surface area contributed by atoms with Crippen LogP contribution in [0, 0.1) is 12.3 Å².